The van der Waals surface area contributed by atoms with Crippen molar-refractivity contribution in [2.45, 2.75) is 31.7 Å². The van der Waals surface area contributed by atoms with E-state index >= 15 is 0 Å². The number of amides is 1. The smallest absolute Gasteiger partial charge is 0.364 e. The maximum atomic E-state index is 12.4. The van der Waals surface area contributed by atoms with Gasteiger partial charge in [-0.05, 0) is 69.1 Å². The highest BCUT2D eigenvalue weighted by atomic mass is 79.9. The summed E-state index contributed by atoms with van der Waals surface area (Å²) in [5.41, 5.74) is 0.323. The van der Waals surface area contributed by atoms with Crippen molar-refractivity contribution < 1.29 is 34.2 Å². The number of nitrogens with one attached hydrogen (secondary N) is 1. The monoisotopic (exact) mass is 562 g/mol. The number of phenols is 1. The Bertz CT molecular complexity index is 974. The van der Waals surface area contributed by atoms with Crippen LogP contribution >= 0.6 is 40.3 Å². The van der Waals surface area contributed by atoms with E-state index in [1.807, 2.05) is 0 Å². The van der Waals surface area contributed by atoms with Crippen molar-refractivity contribution in [3.8, 4) is 17.2 Å². The van der Waals surface area contributed by atoms with Crippen LogP contribution in [0.25, 0.3) is 0 Å². The molecule has 4 N–H and O–H groups in total. The number of rotatable bonds is 8. The van der Waals surface area contributed by atoms with Crippen molar-refractivity contribution in [3.05, 3.63) is 50.4 Å². The van der Waals surface area contributed by atoms with E-state index in [1.165, 1.54) is 32.0 Å². The van der Waals surface area contributed by atoms with Gasteiger partial charge in [0.15, 0.2) is 5.75 Å². The first-order valence-electron chi connectivity index (χ1n) is 8.59. The van der Waals surface area contributed by atoms with E-state index in [1.54, 1.807) is 12.1 Å². The molecule has 0 bridgehead atoms. The van der Waals surface area contributed by atoms with Crippen LogP contribution in [0.15, 0.2) is 39.3 Å². The lowest BCUT2D eigenvalue weighted by atomic mass is 10.1. The second-order valence-electron chi connectivity index (χ2n) is 6.70. The first kappa shape index (κ1) is 24.3. The fraction of sp³-hybridized carbons (Fsp3) is 0.263. The van der Waals surface area contributed by atoms with Crippen LogP contribution in [0.2, 0.25) is 0 Å². The summed E-state index contributed by atoms with van der Waals surface area (Å²) in [5.74, 6) is -1.43. The molecule has 11 heteroatoms. The molecular weight excluding hydrogens is 545 g/mol. The largest absolute Gasteiger partial charge is 0.507 e. The van der Waals surface area contributed by atoms with Crippen molar-refractivity contribution in [2.75, 3.05) is 0 Å². The zero-order valence-corrected chi connectivity index (χ0v) is 20.1. The lowest BCUT2D eigenvalue weighted by Crippen LogP contribution is -2.34. The average molecular weight is 564 g/mol. The molecule has 0 spiro atoms. The minimum absolute atomic E-state index is 0.0795. The standard InChI is InChI=1S/C19H18Br2NO7P/c1-9(5-16(24)25)22-18(26)12-8-11(3-4-15(12)23)29-17-13(20)6-10(7-14(17)21)19(2,27)30-28/h3-4,6-9,23,27H,5H2,1-2H3,(H,22,26)(H,24,25)/p+1. The predicted molar refractivity (Wildman–Crippen MR) is 118 cm³/mol. The summed E-state index contributed by atoms with van der Waals surface area (Å²) >= 11 is 6.69. The number of carbonyl (C=O) groups excluding carboxylic acids is 1. The number of aromatic hydroxyl groups is 1. The minimum Gasteiger partial charge on any atom is -0.507 e. The summed E-state index contributed by atoms with van der Waals surface area (Å²) in [6, 6.07) is 6.55. The molecule has 0 saturated heterocycles. The Morgan fingerprint density at radius 3 is 2.37 bits per heavy atom. The number of carboxylic acid groups (broad SMARTS) is 1. The van der Waals surface area contributed by atoms with Crippen LogP contribution in [0.3, 0.4) is 0 Å². The van der Waals surface area contributed by atoms with Crippen LogP contribution in [0, 0.1) is 0 Å². The number of phenolic OH excluding ortho intramolecular Hbond substituents is 1. The Morgan fingerprint density at radius 2 is 1.83 bits per heavy atom. The first-order valence-corrected chi connectivity index (χ1v) is 11.1. The van der Waals surface area contributed by atoms with E-state index in [0.29, 0.717) is 20.3 Å². The van der Waals surface area contributed by atoms with E-state index in [9.17, 15) is 24.4 Å². The highest BCUT2D eigenvalue weighted by molar-refractivity contribution is 9.11. The lowest BCUT2D eigenvalue weighted by molar-refractivity contribution is -0.137. The van der Waals surface area contributed by atoms with E-state index in [2.05, 4.69) is 37.2 Å². The van der Waals surface area contributed by atoms with Crippen LogP contribution < -0.4 is 10.1 Å². The van der Waals surface area contributed by atoms with Gasteiger partial charge in [-0.1, -0.05) is 4.57 Å². The molecule has 0 aliphatic heterocycles. The molecule has 1 amide bonds. The van der Waals surface area contributed by atoms with Crippen molar-refractivity contribution in [1.82, 2.24) is 5.32 Å². The van der Waals surface area contributed by atoms with Crippen molar-refractivity contribution in [2.24, 2.45) is 0 Å². The van der Waals surface area contributed by atoms with Gasteiger partial charge in [0.25, 0.3) is 11.2 Å². The van der Waals surface area contributed by atoms with Crippen LogP contribution in [0.5, 0.6) is 17.2 Å². The molecule has 0 aliphatic carbocycles. The number of benzene rings is 2. The number of carbonyl (C=O) groups is 2. The maximum Gasteiger partial charge on any atom is 0.364 e. The van der Waals surface area contributed by atoms with E-state index in [0.717, 1.165) is 0 Å². The Labute approximate surface area is 190 Å². The molecule has 0 heterocycles. The minimum atomic E-state index is -1.53. The van der Waals surface area contributed by atoms with Gasteiger partial charge < -0.3 is 25.4 Å². The number of aliphatic carboxylic acids is 1. The van der Waals surface area contributed by atoms with Gasteiger partial charge in [0.1, 0.15) is 11.5 Å². The molecule has 0 saturated carbocycles. The molecule has 0 aliphatic rings. The van der Waals surface area contributed by atoms with Crippen LogP contribution in [-0.4, -0.2) is 33.2 Å². The number of halogens is 2. The molecule has 0 radical (unpaired) electrons. The Hall–Kier alpha value is -2.00. The Balaban J connectivity index is 2.30. The quantitative estimate of drug-likeness (QED) is 0.348. The molecular formula is C19H19Br2NO7P+. The lowest BCUT2D eigenvalue weighted by Gasteiger charge is -2.16. The summed E-state index contributed by atoms with van der Waals surface area (Å²) in [7, 11) is -0.971. The molecule has 0 fully saturated rings. The summed E-state index contributed by atoms with van der Waals surface area (Å²) in [4.78, 5) is 23.1. The van der Waals surface area contributed by atoms with Crippen LogP contribution in [-0.2, 0) is 14.7 Å². The molecule has 160 valence electrons. The third kappa shape index (κ3) is 6.01. The Morgan fingerprint density at radius 1 is 1.23 bits per heavy atom. The third-order valence-electron chi connectivity index (χ3n) is 4.05. The highest BCUT2D eigenvalue weighted by Crippen LogP contribution is 2.42. The van der Waals surface area contributed by atoms with E-state index < -0.39 is 31.7 Å². The molecule has 2 rings (SSSR count). The van der Waals surface area contributed by atoms with Crippen molar-refractivity contribution in [3.63, 3.8) is 0 Å². The predicted octanol–water partition coefficient (Wildman–Crippen LogP) is 4.49. The second kappa shape index (κ2) is 9.87. The fourth-order valence-electron chi connectivity index (χ4n) is 2.49. The molecule has 2 aromatic rings. The highest BCUT2D eigenvalue weighted by Gasteiger charge is 2.33. The van der Waals surface area contributed by atoms with Crippen LogP contribution in [0.4, 0.5) is 0 Å². The van der Waals surface area contributed by atoms with Gasteiger partial charge in [-0.25, -0.2) is 0 Å². The van der Waals surface area contributed by atoms with E-state index in [4.69, 9.17) is 9.84 Å². The zero-order valence-electron chi connectivity index (χ0n) is 15.9. The number of hydrogen-bond donors (Lipinski definition) is 4. The Kier molecular flexibility index (Phi) is 7.99. The normalized spacial score (nSPS) is 14.0. The number of carboxylic acids is 1. The zero-order chi connectivity index (χ0) is 22.6. The molecule has 2 aromatic carbocycles. The second-order valence-corrected chi connectivity index (χ2v) is 9.58. The molecule has 0 aromatic heterocycles. The maximum absolute atomic E-state index is 12.4. The fourth-order valence-corrected chi connectivity index (χ4v) is 4.10. The van der Waals surface area contributed by atoms with Crippen molar-refractivity contribution in [1.29, 1.82) is 0 Å². The first-order chi connectivity index (χ1) is 13.9. The summed E-state index contributed by atoms with van der Waals surface area (Å²) in [6.07, 6.45) is -0.261. The topological polar surface area (TPSA) is 133 Å². The molecule has 30 heavy (non-hydrogen) atoms. The third-order valence-corrected chi connectivity index (χ3v) is 5.91. The summed E-state index contributed by atoms with van der Waals surface area (Å²) in [6.45, 7) is 2.96. The number of aliphatic hydroxyl groups is 1. The number of hydrogen-bond acceptors (Lipinski definition) is 6. The van der Waals surface area contributed by atoms with Gasteiger partial charge in [-0.2, -0.15) is 0 Å². The number of ether oxygens (including phenoxy) is 1. The van der Waals surface area contributed by atoms with Gasteiger partial charge in [-0.15, -0.1) is 0 Å². The van der Waals surface area contributed by atoms with Gasteiger partial charge >= 0.3 is 14.4 Å². The van der Waals surface area contributed by atoms with E-state index in [-0.39, 0.29) is 23.5 Å². The molecule has 8 nitrogen and oxygen atoms in total. The van der Waals surface area contributed by atoms with Crippen molar-refractivity contribution >= 4 is 52.2 Å². The summed E-state index contributed by atoms with van der Waals surface area (Å²) < 4.78 is 18.0. The van der Waals surface area contributed by atoms with Gasteiger partial charge in [-0.3, -0.25) is 9.59 Å². The average Bonchev–Trinajstić information content (AvgIpc) is 2.64. The van der Waals surface area contributed by atoms with Gasteiger partial charge in [0, 0.05) is 18.5 Å². The van der Waals surface area contributed by atoms with Crippen LogP contribution in [0.1, 0.15) is 36.2 Å². The van der Waals surface area contributed by atoms with Gasteiger partial charge in [0.2, 0.25) is 0 Å². The van der Waals surface area contributed by atoms with Gasteiger partial charge in [0.05, 0.1) is 20.9 Å². The SMILES string of the molecule is CC(CC(=O)O)NC(=O)c1cc(Oc2c(Br)cc(C(C)(O)[PH+]=O)cc2Br)ccc1O. The summed E-state index contributed by atoms with van der Waals surface area (Å²) in [5, 5.41) is 30.0. The molecule has 3 unspecified atom stereocenters. The molecule has 3 atom stereocenters.